The summed E-state index contributed by atoms with van der Waals surface area (Å²) >= 11 is 0. The lowest BCUT2D eigenvalue weighted by molar-refractivity contribution is 0.349. The Bertz CT molecular complexity index is 565. The quantitative estimate of drug-likeness (QED) is 0.909. The van der Waals surface area contributed by atoms with Crippen LogP contribution in [0.1, 0.15) is 38.7 Å². The molecular weight excluding hydrogens is 272 g/mol. The minimum absolute atomic E-state index is 0.0593. The summed E-state index contributed by atoms with van der Waals surface area (Å²) in [6.07, 6.45) is 3.78. The highest BCUT2D eigenvalue weighted by atomic mass is 32.2. The first-order valence-electron chi connectivity index (χ1n) is 7.35. The van der Waals surface area contributed by atoms with E-state index in [4.69, 9.17) is 0 Å². The lowest BCUT2D eigenvalue weighted by Crippen LogP contribution is -2.36. The van der Waals surface area contributed by atoms with Crippen molar-refractivity contribution in [2.45, 2.75) is 50.5 Å². The molecule has 1 aliphatic rings. The molecule has 1 heterocycles. The number of sulfonamides is 1. The second-order valence-corrected chi connectivity index (χ2v) is 7.34. The average molecular weight is 296 g/mol. The fraction of sp³-hybridized carbons (Fsp3) is 0.600. The molecule has 5 heteroatoms. The zero-order valence-electron chi connectivity index (χ0n) is 12.5. The number of anilines is 1. The van der Waals surface area contributed by atoms with Crippen LogP contribution in [-0.2, 0) is 16.4 Å². The second-order valence-electron chi connectivity index (χ2n) is 5.34. The number of hydrogen-bond acceptors (Lipinski definition) is 3. The van der Waals surface area contributed by atoms with E-state index in [2.05, 4.69) is 5.32 Å². The fourth-order valence-electron chi connectivity index (χ4n) is 2.77. The van der Waals surface area contributed by atoms with E-state index in [1.807, 2.05) is 19.9 Å². The van der Waals surface area contributed by atoms with Crippen molar-refractivity contribution in [1.82, 2.24) is 4.31 Å². The molecule has 0 unspecified atom stereocenters. The predicted molar refractivity (Wildman–Crippen MR) is 82.6 cm³/mol. The normalized spacial score (nSPS) is 15.2. The molecule has 0 aliphatic carbocycles. The SMILES string of the molecule is CCC(CC)N(C)S(=O)(=O)c1ccc2c(c1)NCCC2. The van der Waals surface area contributed by atoms with Gasteiger partial charge in [0.05, 0.1) is 4.90 Å². The van der Waals surface area contributed by atoms with Gasteiger partial charge in [-0.05, 0) is 43.4 Å². The number of aryl methyl sites for hydroxylation is 1. The molecule has 1 aliphatic heterocycles. The third-order valence-corrected chi connectivity index (χ3v) is 6.06. The van der Waals surface area contributed by atoms with Crippen LogP contribution < -0.4 is 5.32 Å². The molecule has 0 spiro atoms. The summed E-state index contributed by atoms with van der Waals surface area (Å²) in [4.78, 5) is 0.389. The maximum absolute atomic E-state index is 12.7. The molecule has 0 aromatic heterocycles. The molecule has 0 atom stereocenters. The average Bonchev–Trinajstić information content (AvgIpc) is 2.47. The van der Waals surface area contributed by atoms with Crippen LogP contribution >= 0.6 is 0 Å². The Hall–Kier alpha value is -1.07. The van der Waals surface area contributed by atoms with Gasteiger partial charge in [-0.3, -0.25) is 0 Å². The molecule has 20 heavy (non-hydrogen) atoms. The highest BCUT2D eigenvalue weighted by Gasteiger charge is 2.26. The Morgan fingerprint density at radius 2 is 2.00 bits per heavy atom. The van der Waals surface area contributed by atoms with Crippen LogP contribution in [0.2, 0.25) is 0 Å². The van der Waals surface area contributed by atoms with E-state index in [9.17, 15) is 8.42 Å². The van der Waals surface area contributed by atoms with E-state index in [0.717, 1.165) is 37.9 Å². The molecule has 112 valence electrons. The van der Waals surface area contributed by atoms with E-state index in [1.165, 1.54) is 9.87 Å². The fourth-order valence-corrected chi connectivity index (χ4v) is 4.30. The molecular formula is C15H24N2O2S. The minimum Gasteiger partial charge on any atom is -0.385 e. The molecule has 0 amide bonds. The van der Waals surface area contributed by atoms with Gasteiger partial charge < -0.3 is 5.32 Å². The van der Waals surface area contributed by atoms with Gasteiger partial charge in [-0.15, -0.1) is 0 Å². The first-order valence-corrected chi connectivity index (χ1v) is 8.79. The topological polar surface area (TPSA) is 49.4 Å². The van der Waals surface area contributed by atoms with Crippen molar-refractivity contribution in [3.63, 3.8) is 0 Å². The predicted octanol–water partition coefficient (Wildman–Crippen LogP) is 2.85. The summed E-state index contributed by atoms with van der Waals surface area (Å²) in [5, 5.41) is 3.29. The molecule has 4 nitrogen and oxygen atoms in total. The minimum atomic E-state index is -3.40. The van der Waals surface area contributed by atoms with Gasteiger partial charge in [0.25, 0.3) is 0 Å². The second kappa shape index (κ2) is 6.14. The van der Waals surface area contributed by atoms with Crippen LogP contribution in [0.3, 0.4) is 0 Å². The molecule has 0 bridgehead atoms. The van der Waals surface area contributed by atoms with Gasteiger partial charge >= 0.3 is 0 Å². The summed E-state index contributed by atoms with van der Waals surface area (Å²) in [5.41, 5.74) is 2.18. The van der Waals surface area contributed by atoms with Crippen LogP contribution in [0.5, 0.6) is 0 Å². The van der Waals surface area contributed by atoms with Gasteiger partial charge in [-0.1, -0.05) is 19.9 Å². The summed E-state index contributed by atoms with van der Waals surface area (Å²) in [5.74, 6) is 0. The number of hydrogen-bond donors (Lipinski definition) is 1. The lowest BCUT2D eigenvalue weighted by Gasteiger charge is -2.26. The van der Waals surface area contributed by atoms with Crippen LogP contribution in [-0.4, -0.2) is 32.4 Å². The Morgan fingerprint density at radius 1 is 1.30 bits per heavy atom. The first kappa shape index (κ1) is 15.3. The summed E-state index contributed by atoms with van der Waals surface area (Å²) in [6, 6.07) is 5.52. The van der Waals surface area contributed by atoms with Gasteiger partial charge in [0.2, 0.25) is 10.0 Å². The maximum atomic E-state index is 12.7. The van der Waals surface area contributed by atoms with Gasteiger partial charge in [0.15, 0.2) is 0 Å². The van der Waals surface area contributed by atoms with Crippen molar-refractivity contribution in [1.29, 1.82) is 0 Å². The molecule has 1 aromatic carbocycles. The van der Waals surface area contributed by atoms with Gasteiger partial charge in [-0.2, -0.15) is 4.31 Å². The van der Waals surface area contributed by atoms with E-state index in [-0.39, 0.29) is 6.04 Å². The highest BCUT2D eigenvalue weighted by Crippen LogP contribution is 2.27. The van der Waals surface area contributed by atoms with Gasteiger partial charge in [0.1, 0.15) is 0 Å². The van der Waals surface area contributed by atoms with Crippen LogP contribution in [0.15, 0.2) is 23.1 Å². The Morgan fingerprint density at radius 3 is 2.65 bits per heavy atom. The summed E-state index contributed by atoms with van der Waals surface area (Å²) in [7, 11) is -1.72. The van der Waals surface area contributed by atoms with Crippen LogP contribution in [0.4, 0.5) is 5.69 Å². The Balaban J connectivity index is 2.34. The number of fused-ring (bicyclic) bond motifs is 1. The number of nitrogens with one attached hydrogen (secondary N) is 1. The van der Waals surface area contributed by atoms with E-state index in [1.54, 1.807) is 19.2 Å². The Labute approximate surface area is 122 Å². The third kappa shape index (κ3) is 2.83. The molecule has 1 aromatic rings. The monoisotopic (exact) mass is 296 g/mol. The van der Waals surface area contributed by atoms with Gasteiger partial charge in [0, 0.05) is 25.3 Å². The lowest BCUT2D eigenvalue weighted by atomic mass is 10.0. The number of benzene rings is 1. The van der Waals surface area contributed by atoms with Gasteiger partial charge in [-0.25, -0.2) is 8.42 Å². The summed E-state index contributed by atoms with van der Waals surface area (Å²) in [6.45, 7) is 4.96. The van der Waals surface area contributed by atoms with Crippen molar-refractivity contribution in [3.8, 4) is 0 Å². The molecule has 0 saturated carbocycles. The number of rotatable bonds is 5. The van der Waals surface area contributed by atoms with Crippen molar-refractivity contribution >= 4 is 15.7 Å². The zero-order valence-corrected chi connectivity index (χ0v) is 13.3. The molecule has 2 rings (SSSR count). The molecule has 0 fully saturated rings. The van der Waals surface area contributed by atoms with Crippen molar-refractivity contribution < 1.29 is 8.42 Å². The van der Waals surface area contributed by atoms with E-state index >= 15 is 0 Å². The highest BCUT2D eigenvalue weighted by molar-refractivity contribution is 7.89. The Kier molecular flexibility index (Phi) is 4.70. The first-order chi connectivity index (χ1) is 9.50. The van der Waals surface area contributed by atoms with E-state index in [0.29, 0.717) is 4.90 Å². The zero-order chi connectivity index (χ0) is 14.8. The van der Waals surface area contributed by atoms with Crippen LogP contribution in [0, 0.1) is 0 Å². The van der Waals surface area contributed by atoms with Crippen molar-refractivity contribution in [2.24, 2.45) is 0 Å². The maximum Gasteiger partial charge on any atom is 0.243 e. The van der Waals surface area contributed by atoms with Crippen LogP contribution in [0.25, 0.3) is 0 Å². The number of nitrogens with zero attached hydrogens (tertiary/aromatic N) is 1. The van der Waals surface area contributed by atoms with Crippen molar-refractivity contribution in [3.05, 3.63) is 23.8 Å². The summed E-state index contributed by atoms with van der Waals surface area (Å²) < 4.78 is 26.9. The van der Waals surface area contributed by atoms with Crippen molar-refractivity contribution in [2.75, 3.05) is 18.9 Å². The molecule has 1 N–H and O–H groups in total. The molecule has 0 saturated heterocycles. The van der Waals surface area contributed by atoms with E-state index < -0.39 is 10.0 Å². The largest absolute Gasteiger partial charge is 0.385 e. The third-order valence-electron chi connectivity index (χ3n) is 4.15. The standard InChI is InChI=1S/C15H24N2O2S/c1-4-13(5-2)17(3)20(18,19)14-9-8-12-7-6-10-16-15(12)11-14/h8-9,11,13,16H,4-7,10H2,1-3H3. The smallest absolute Gasteiger partial charge is 0.243 e. The molecule has 0 radical (unpaired) electrons.